The fraction of sp³-hybridized carbons (Fsp3) is 0.571. The minimum absolute atomic E-state index is 0.0491. The van der Waals surface area contributed by atoms with Gasteiger partial charge >= 0.3 is 0 Å². The summed E-state index contributed by atoms with van der Waals surface area (Å²) in [7, 11) is 0. The summed E-state index contributed by atoms with van der Waals surface area (Å²) in [6.07, 6.45) is 5.54. The molecule has 0 unspecified atom stereocenters. The normalized spacial score (nSPS) is 10.7. The summed E-state index contributed by atoms with van der Waals surface area (Å²) in [6, 6.07) is 1.85. The molecule has 0 fully saturated rings. The van der Waals surface area contributed by atoms with Gasteiger partial charge < -0.3 is 5.32 Å². The van der Waals surface area contributed by atoms with E-state index in [0.29, 0.717) is 10.8 Å². The second-order valence-corrected chi connectivity index (χ2v) is 4.97. The van der Waals surface area contributed by atoms with E-state index in [1.807, 2.05) is 13.0 Å². The van der Waals surface area contributed by atoms with E-state index in [4.69, 9.17) is 11.6 Å². The topological polar surface area (TPSA) is 42.0 Å². The third kappa shape index (κ3) is 4.30. The second kappa shape index (κ2) is 7.37. The van der Waals surface area contributed by atoms with E-state index in [-0.39, 0.29) is 11.8 Å². The number of nitrogens with one attached hydrogen (secondary N) is 1. The molecule has 4 heteroatoms. The minimum atomic E-state index is 0.0491. The first-order valence-corrected chi connectivity index (χ1v) is 6.89. The molecule has 0 saturated carbocycles. The monoisotopic (exact) mass is 268 g/mol. The molecule has 1 heterocycles. The van der Waals surface area contributed by atoms with Gasteiger partial charge in [-0.3, -0.25) is 4.79 Å². The molecule has 0 radical (unpaired) electrons. The van der Waals surface area contributed by atoms with Crippen molar-refractivity contribution >= 4 is 23.2 Å². The fourth-order valence-corrected chi connectivity index (χ4v) is 2.13. The van der Waals surface area contributed by atoms with Crippen molar-refractivity contribution in [3.63, 3.8) is 0 Å². The SMILES string of the molecule is CCCC(CCC)C(=O)Nc1cc(C)cnc1Cl. The van der Waals surface area contributed by atoms with Crippen molar-refractivity contribution in [2.24, 2.45) is 5.92 Å². The number of aromatic nitrogens is 1. The highest BCUT2D eigenvalue weighted by molar-refractivity contribution is 6.32. The molecule has 0 bridgehead atoms. The Morgan fingerprint density at radius 2 is 2.00 bits per heavy atom. The molecule has 0 aromatic carbocycles. The second-order valence-electron chi connectivity index (χ2n) is 4.61. The number of hydrogen-bond donors (Lipinski definition) is 1. The van der Waals surface area contributed by atoms with Crippen LogP contribution in [0, 0.1) is 12.8 Å². The molecule has 1 rings (SSSR count). The number of halogens is 1. The Kier molecular flexibility index (Phi) is 6.13. The van der Waals surface area contributed by atoms with Crippen molar-refractivity contribution in [3.8, 4) is 0 Å². The maximum atomic E-state index is 12.2. The van der Waals surface area contributed by atoms with Crippen molar-refractivity contribution in [3.05, 3.63) is 23.0 Å². The third-order valence-corrected chi connectivity index (χ3v) is 3.18. The number of aryl methyl sites for hydroxylation is 1. The number of rotatable bonds is 6. The van der Waals surface area contributed by atoms with Gasteiger partial charge in [0.2, 0.25) is 5.91 Å². The molecule has 3 nitrogen and oxygen atoms in total. The lowest BCUT2D eigenvalue weighted by Crippen LogP contribution is -2.23. The Morgan fingerprint density at radius 3 is 2.56 bits per heavy atom. The van der Waals surface area contributed by atoms with Crippen molar-refractivity contribution < 1.29 is 4.79 Å². The molecule has 1 aromatic heterocycles. The third-order valence-electron chi connectivity index (χ3n) is 2.88. The lowest BCUT2D eigenvalue weighted by atomic mass is 9.97. The highest BCUT2D eigenvalue weighted by Crippen LogP contribution is 2.22. The van der Waals surface area contributed by atoms with Gasteiger partial charge in [0.15, 0.2) is 5.15 Å². The van der Waals surface area contributed by atoms with Crippen LogP contribution in [0.4, 0.5) is 5.69 Å². The molecule has 0 atom stereocenters. The summed E-state index contributed by atoms with van der Waals surface area (Å²) >= 11 is 5.97. The predicted octanol–water partition coefficient (Wildman–Crippen LogP) is 4.20. The van der Waals surface area contributed by atoms with Gasteiger partial charge in [-0.05, 0) is 31.4 Å². The first-order chi connectivity index (χ1) is 8.58. The first kappa shape index (κ1) is 15.0. The van der Waals surface area contributed by atoms with E-state index in [2.05, 4.69) is 24.1 Å². The van der Waals surface area contributed by atoms with Crippen molar-refractivity contribution in [1.29, 1.82) is 0 Å². The van der Waals surface area contributed by atoms with Crippen molar-refractivity contribution in [1.82, 2.24) is 4.98 Å². The van der Waals surface area contributed by atoms with Crippen LogP contribution >= 0.6 is 11.6 Å². The molecule has 1 aromatic rings. The van der Waals surface area contributed by atoms with Crippen LogP contribution in [0.3, 0.4) is 0 Å². The van der Waals surface area contributed by atoms with Crippen LogP contribution in [0.15, 0.2) is 12.3 Å². The van der Waals surface area contributed by atoms with Crippen LogP contribution in [-0.2, 0) is 4.79 Å². The van der Waals surface area contributed by atoms with Gasteiger partial charge in [0.05, 0.1) is 5.69 Å². The maximum absolute atomic E-state index is 12.2. The standard InChI is InChI=1S/C14H21ClN2O/c1-4-6-11(7-5-2)14(18)17-12-8-10(3)9-16-13(12)15/h8-9,11H,4-7H2,1-3H3,(H,17,18). The molecule has 1 N–H and O–H groups in total. The van der Waals surface area contributed by atoms with Gasteiger partial charge in [-0.15, -0.1) is 0 Å². The zero-order chi connectivity index (χ0) is 13.5. The Hall–Kier alpha value is -1.09. The summed E-state index contributed by atoms with van der Waals surface area (Å²) in [4.78, 5) is 16.2. The molecule has 0 aliphatic rings. The van der Waals surface area contributed by atoms with Crippen molar-refractivity contribution in [2.75, 3.05) is 5.32 Å². The van der Waals surface area contributed by atoms with Gasteiger partial charge in [-0.1, -0.05) is 38.3 Å². The quantitative estimate of drug-likeness (QED) is 0.786. The Balaban J connectivity index is 2.75. The molecule has 18 heavy (non-hydrogen) atoms. The van der Waals surface area contributed by atoms with E-state index >= 15 is 0 Å². The molecule has 100 valence electrons. The lowest BCUT2D eigenvalue weighted by molar-refractivity contribution is -0.120. The van der Waals surface area contributed by atoms with E-state index in [1.165, 1.54) is 0 Å². The first-order valence-electron chi connectivity index (χ1n) is 6.51. The Labute approximate surface area is 114 Å². The van der Waals surface area contributed by atoms with Crippen LogP contribution in [0.25, 0.3) is 0 Å². The summed E-state index contributed by atoms with van der Waals surface area (Å²) in [5.41, 5.74) is 1.59. The van der Waals surface area contributed by atoms with E-state index in [9.17, 15) is 4.79 Å². The number of nitrogens with zero attached hydrogens (tertiary/aromatic N) is 1. The molecule has 0 saturated heterocycles. The lowest BCUT2D eigenvalue weighted by Gasteiger charge is -2.15. The van der Waals surface area contributed by atoms with E-state index in [1.54, 1.807) is 6.20 Å². The highest BCUT2D eigenvalue weighted by atomic mass is 35.5. The zero-order valence-electron chi connectivity index (χ0n) is 11.3. The predicted molar refractivity (Wildman–Crippen MR) is 75.9 cm³/mol. The summed E-state index contributed by atoms with van der Waals surface area (Å²) in [6.45, 7) is 6.11. The van der Waals surface area contributed by atoms with Gasteiger partial charge in [-0.25, -0.2) is 4.98 Å². The van der Waals surface area contributed by atoms with Gasteiger partial charge in [0, 0.05) is 12.1 Å². The number of carbonyl (C=O) groups is 1. The number of anilines is 1. The van der Waals surface area contributed by atoms with Crippen LogP contribution in [0.5, 0.6) is 0 Å². The number of carbonyl (C=O) groups excluding carboxylic acids is 1. The molecule has 0 aliphatic heterocycles. The van der Waals surface area contributed by atoms with E-state index in [0.717, 1.165) is 31.2 Å². The Bertz CT molecular complexity index is 401. The number of pyridine rings is 1. The molecule has 0 spiro atoms. The summed E-state index contributed by atoms with van der Waals surface area (Å²) < 4.78 is 0. The minimum Gasteiger partial charge on any atom is -0.323 e. The molecular formula is C14H21ClN2O. The average Bonchev–Trinajstić information content (AvgIpc) is 2.33. The molecule has 0 aliphatic carbocycles. The maximum Gasteiger partial charge on any atom is 0.227 e. The molecular weight excluding hydrogens is 248 g/mol. The van der Waals surface area contributed by atoms with Gasteiger partial charge in [-0.2, -0.15) is 0 Å². The van der Waals surface area contributed by atoms with Crippen LogP contribution < -0.4 is 5.32 Å². The van der Waals surface area contributed by atoms with Crippen LogP contribution in [-0.4, -0.2) is 10.9 Å². The van der Waals surface area contributed by atoms with E-state index < -0.39 is 0 Å². The fourth-order valence-electron chi connectivity index (χ4n) is 1.98. The van der Waals surface area contributed by atoms with Crippen LogP contribution in [0.1, 0.15) is 45.1 Å². The van der Waals surface area contributed by atoms with Crippen molar-refractivity contribution in [2.45, 2.75) is 46.5 Å². The number of hydrogen-bond acceptors (Lipinski definition) is 2. The summed E-state index contributed by atoms with van der Waals surface area (Å²) in [5.74, 6) is 0.115. The largest absolute Gasteiger partial charge is 0.323 e. The van der Waals surface area contributed by atoms with Crippen LogP contribution in [0.2, 0.25) is 5.15 Å². The van der Waals surface area contributed by atoms with Gasteiger partial charge in [0.1, 0.15) is 0 Å². The Morgan fingerprint density at radius 1 is 1.39 bits per heavy atom. The highest BCUT2D eigenvalue weighted by Gasteiger charge is 2.17. The number of amides is 1. The average molecular weight is 269 g/mol. The smallest absolute Gasteiger partial charge is 0.227 e. The molecule has 1 amide bonds. The summed E-state index contributed by atoms with van der Waals surface area (Å²) in [5, 5.41) is 3.24. The van der Waals surface area contributed by atoms with Gasteiger partial charge in [0.25, 0.3) is 0 Å². The zero-order valence-corrected chi connectivity index (χ0v) is 12.0.